The highest BCUT2D eigenvalue weighted by molar-refractivity contribution is 5.89. The van der Waals surface area contributed by atoms with E-state index in [9.17, 15) is 18.0 Å². The second kappa shape index (κ2) is 4.13. The van der Waals surface area contributed by atoms with Crippen molar-refractivity contribution >= 4 is 5.97 Å². The molecule has 0 aliphatic carbocycles. The fourth-order valence-electron chi connectivity index (χ4n) is 0.606. The van der Waals surface area contributed by atoms with E-state index in [1.54, 1.807) is 0 Å². The number of rotatable bonds is 2. The van der Waals surface area contributed by atoms with Crippen LogP contribution in [0.2, 0.25) is 0 Å². The predicted octanol–water partition coefficient (Wildman–Crippen LogP) is 2.06. The molecule has 0 bridgehead atoms. The number of halogens is 3. The van der Waals surface area contributed by atoms with Gasteiger partial charge >= 0.3 is 12.1 Å². The van der Waals surface area contributed by atoms with Crippen molar-refractivity contribution in [3.63, 3.8) is 0 Å². The van der Waals surface area contributed by atoms with Gasteiger partial charge in [-0.1, -0.05) is 6.08 Å². The van der Waals surface area contributed by atoms with Gasteiger partial charge in [-0.15, -0.1) is 0 Å². The summed E-state index contributed by atoms with van der Waals surface area (Å²) in [7, 11) is 0. The summed E-state index contributed by atoms with van der Waals surface area (Å²) in [4.78, 5) is 10.6. The molecule has 0 radical (unpaired) electrons. The Morgan fingerprint density at radius 3 is 2.25 bits per heavy atom. The number of alkyl halides is 3. The maximum atomic E-state index is 11.9. The summed E-state index contributed by atoms with van der Waals surface area (Å²) in [6.45, 7) is 2.52. The van der Waals surface area contributed by atoms with E-state index >= 15 is 0 Å². The molecular formula is C7H9F3O2. The molecule has 0 aliphatic rings. The average Bonchev–Trinajstić information content (AvgIpc) is 1.85. The molecule has 0 saturated heterocycles. The van der Waals surface area contributed by atoms with Crippen molar-refractivity contribution in [3.05, 3.63) is 11.6 Å². The maximum absolute atomic E-state index is 11.9. The molecule has 0 amide bonds. The van der Waals surface area contributed by atoms with Gasteiger partial charge in [0.15, 0.2) is 0 Å². The lowest BCUT2D eigenvalue weighted by Crippen LogP contribution is -2.21. The van der Waals surface area contributed by atoms with E-state index in [0.29, 0.717) is 6.08 Å². The van der Waals surface area contributed by atoms with Crippen LogP contribution in [-0.4, -0.2) is 18.8 Å². The van der Waals surface area contributed by atoms with Crippen LogP contribution in [-0.2, 0) is 9.53 Å². The summed E-state index contributed by atoms with van der Waals surface area (Å²) in [5.74, 6) is -1.33. The minimum absolute atomic E-state index is 0.0632. The van der Waals surface area contributed by atoms with Gasteiger partial charge in [0.05, 0.1) is 6.61 Å². The quantitative estimate of drug-likeness (QED) is 0.482. The molecule has 0 aromatic rings. The number of allylic oxidation sites excluding steroid dienone is 1. The van der Waals surface area contributed by atoms with E-state index in [1.807, 2.05) is 0 Å². The van der Waals surface area contributed by atoms with Crippen molar-refractivity contribution in [2.45, 2.75) is 20.0 Å². The molecule has 0 fully saturated rings. The molecule has 0 unspecified atom stereocenters. The van der Waals surface area contributed by atoms with Gasteiger partial charge in [0.25, 0.3) is 0 Å². The molecule has 12 heavy (non-hydrogen) atoms. The SMILES string of the molecule is C/C=C(\C(=O)OCC)C(F)(F)F. The maximum Gasteiger partial charge on any atom is 0.423 e. The van der Waals surface area contributed by atoms with Gasteiger partial charge in [0, 0.05) is 0 Å². The van der Waals surface area contributed by atoms with Gasteiger partial charge in [-0.25, -0.2) is 4.79 Å². The highest BCUT2D eigenvalue weighted by Crippen LogP contribution is 2.26. The third-order valence-corrected chi connectivity index (χ3v) is 1.09. The molecule has 0 N–H and O–H groups in total. The summed E-state index contributed by atoms with van der Waals surface area (Å²) in [6.07, 6.45) is -3.93. The Morgan fingerprint density at radius 1 is 1.50 bits per heavy atom. The third-order valence-electron chi connectivity index (χ3n) is 1.09. The zero-order chi connectivity index (χ0) is 9.78. The van der Waals surface area contributed by atoms with E-state index in [-0.39, 0.29) is 6.61 Å². The average molecular weight is 182 g/mol. The number of carbonyl (C=O) groups is 1. The lowest BCUT2D eigenvalue weighted by atomic mass is 10.2. The van der Waals surface area contributed by atoms with E-state index in [1.165, 1.54) is 6.92 Å². The lowest BCUT2D eigenvalue weighted by molar-refractivity contribution is -0.150. The van der Waals surface area contributed by atoms with Gasteiger partial charge < -0.3 is 4.74 Å². The monoisotopic (exact) mass is 182 g/mol. The standard InChI is InChI=1S/C7H9F3O2/c1-3-5(7(8,9)10)6(11)12-4-2/h3H,4H2,1-2H3/b5-3+. The Morgan fingerprint density at radius 2 is 2.00 bits per heavy atom. The van der Waals surface area contributed by atoms with E-state index in [0.717, 1.165) is 6.92 Å². The number of hydrogen-bond acceptors (Lipinski definition) is 2. The highest BCUT2D eigenvalue weighted by Gasteiger charge is 2.38. The van der Waals surface area contributed by atoms with Gasteiger partial charge in [-0.05, 0) is 13.8 Å². The van der Waals surface area contributed by atoms with Crippen LogP contribution in [0.5, 0.6) is 0 Å². The molecule has 0 spiro atoms. The first-order chi connectivity index (χ1) is 5.43. The Bertz CT molecular complexity index is 193. The van der Waals surface area contributed by atoms with E-state index < -0.39 is 17.7 Å². The Balaban J connectivity index is 4.49. The first-order valence-electron chi connectivity index (χ1n) is 3.34. The van der Waals surface area contributed by atoms with Crippen molar-refractivity contribution in [2.75, 3.05) is 6.61 Å². The van der Waals surface area contributed by atoms with Gasteiger partial charge in [0.1, 0.15) is 5.57 Å². The van der Waals surface area contributed by atoms with E-state index in [4.69, 9.17) is 0 Å². The Kier molecular flexibility index (Phi) is 3.79. The van der Waals surface area contributed by atoms with Crippen LogP contribution in [0, 0.1) is 0 Å². The molecule has 2 nitrogen and oxygen atoms in total. The van der Waals surface area contributed by atoms with Crippen LogP contribution in [0.15, 0.2) is 11.6 Å². The molecular weight excluding hydrogens is 173 g/mol. The molecule has 0 rings (SSSR count). The van der Waals surface area contributed by atoms with Crippen LogP contribution < -0.4 is 0 Å². The molecule has 70 valence electrons. The number of hydrogen-bond donors (Lipinski definition) is 0. The third kappa shape index (κ3) is 2.94. The van der Waals surface area contributed by atoms with Gasteiger partial charge in [-0.2, -0.15) is 13.2 Å². The summed E-state index contributed by atoms with van der Waals surface area (Å²) < 4.78 is 40.0. The second-order valence-corrected chi connectivity index (χ2v) is 1.92. The van der Waals surface area contributed by atoms with E-state index in [2.05, 4.69) is 4.74 Å². The van der Waals surface area contributed by atoms with Gasteiger partial charge in [0.2, 0.25) is 0 Å². The van der Waals surface area contributed by atoms with Crippen molar-refractivity contribution in [3.8, 4) is 0 Å². The zero-order valence-electron chi connectivity index (χ0n) is 6.73. The molecule has 5 heteroatoms. The van der Waals surface area contributed by atoms with Crippen molar-refractivity contribution in [1.29, 1.82) is 0 Å². The first kappa shape index (κ1) is 11.0. The predicted molar refractivity (Wildman–Crippen MR) is 36.4 cm³/mol. The number of ether oxygens (including phenoxy) is 1. The molecule has 0 aromatic carbocycles. The smallest absolute Gasteiger partial charge is 0.423 e. The normalized spacial score (nSPS) is 12.9. The Labute approximate surface area is 68.0 Å². The Hall–Kier alpha value is -1.00. The molecule has 0 saturated carbocycles. The van der Waals surface area contributed by atoms with Crippen molar-refractivity contribution in [2.24, 2.45) is 0 Å². The molecule has 0 aromatic heterocycles. The van der Waals surface area contributed by atoms with Crippen molar-refractivity contribution < 1.29 is 22.7 Å². The van der Waals surface area contributed by atoms with Crippen LogP contribution >= 0.6 is 0 Å². The van der Waals surface area contributed by atoms with Crippen LogP contribution in [0.1, 0.15) is 13.8 Å². The number of carbonyl (C=O) groups excluding carboxylic acids is 1. The van der Waals surface area contributed by atoms with Crippen molar-refractivity contribution in [1.82, 2.24) is 0 Å². The largest absolute Gasteiger partial charge is 0.462 e. The zero-order valence-corrected chi connectivity index (χ0v) is 6.73. The summed E-state index contributed by atoms with van der Waals surface area (Å²) in [5.41, 5.74) is -1.26. The van der Waals surface area contributed by atoms with Crippen LogP contribution in [0.25, 0.3) is 0 Å². The molecule has 0 atom stereocenters. The number of esters is 1. The van der Waals surface area contributed by atoms with Crippen LogP contribution in [0.4, 0.5) is 13.2 Å². The van der Waals surface area contributed by atoms with Crippen LogP contribution in [0.3, 0.4) is 0 Å². The fourth-order valence-corrected chi connectivity index (χ4v) is 0.606. The molecule has 0 heterocycles. The minimum Gasteiger partial charge on any atom is -0.462 e. The second-order valence-electron chi connectivity index (χ2n) is 1.92. The first-order valence-corrected chi connectivity index (χ1v) is 3.34. The molecule has 0 aliphatic heterocycles. The summed E-state index contributed by atoms with van der Waals surface area (Å²) in [6, 6.07) is 0. The lowest BCUT2D eigenvalue weighted by Gasteiger charge is -2.09. The summed E-state index contributed by atoms with van der Waals surface area (Å²) in [5, 5.41) is 0. The summed E-state index contributed by atoms with van der Waals surface area (Å²) >= 11 is 0. The van der Waals surface area contributed by atoms with Gasteiger partial charge in [-0.3, -0.25) is 0 Å². The topological polar surface area (TPSA) is 26.3 Å². The fraction of sp³-hybridized carbons (Fsp3) is 0.571. The highest BCUT2D eigenvalue weighted by atomic mass is 19.4. The minimum atomic E-state index is -4.62.